The summed E-state index contributed by atoms with van der Waals surface area (Å²) in [7, 11) is 0. The first kappa shape index (κ1) is 14.4. The third-order valence-electron chi connectivity index (χ3n) is 3.15. The lowest BCUT2D eigenvalue weighted by Crippen LogP contribution is -2.50. The van der Waals surface area contributed by atoms with Crippen molar-refractivity contribution in [2.45, 2.75) is 33.3 Å². The SMILES string of the molecule is CCC1CN(C(=O)C(C(N)=S)C(C)C)CCO1. The second kappa shape index (κ2) is 6.31. The predicted molar refractivity (Wildman–Crippen MR) is 71.7 cm³/mol. The van der Waals surface area contributed by atoms with Gasteiger partial charge in [-0.1, -0.05) is 33.0 Å². The van der Waals surface area contributed by atoms with Gasteiger partial charge in [-0.2, -0.15) is 0 Å². The number of nitrogens with two attached hydrogens (primary N) is 1. The smallest absolute Gasteiger partial charge is 0.232 e. The van der Waals surface area contributed by atoms with Crippen LogP contribution in [0, 0.1) is 11.8 Å². The summed E-state index contributed by atoms with van der Waals surface area (Å²) in [5, 5.41) is 0. The molecule has 4 nitrogen and oxygen atoms in total. The molecule has 17 heavy (non-hydrogen) atoms. The monoisotopic (exact) mass is 258 g/mol. The van der Waals surface area contributed by atoms with Crippen molar-refractivity contribution in [2.75, 3.05) is 19.7 Å². The summed E-state index contributed by atoms with van der Waals surface area (Å²) in [6.45, 7) is 7.90. The lowest BCUT2D eigenvalue weighted by atomic mass is 9.94. The van der Waals surface area contributed by atoms with E-state index in [1.54, 1.807) is 0 Å². The van der Waals surface area contributed by atoms with Crippen LogP contribution in [0.15, 0.2) is 0 Å². The number of carbonyl (C=O) groups excluding carboxylic acids is 1. The van der Waals surface area contributed by atoms with Crippen LogP contribution >= 0.6 is 12.2 Å². The Hall–Kier alpha value is -0.680. The quantitative estimate of drug-likeness (QED) is 0.769. The highest BCUT2D eigenvalue weighted by molar-refractivity contribution is 7.80. The largest absolute Gasteiger partial charge is 0.393 e. The molecule has 1 aliphatic rings. The normalized spacial score (nSPS) is 22.6. The van der Waals surface area contributed by atoms with Crippen LogP contribution in [0.3, 0.4) is 0 Å². The molecule has 2 unspecified atom stereocenters. The molecule has 1 saturated heterocycles. The van der Waals surface area contributed by atoms with E-state index in [2.05, 4.69) is 6.92 Å². The molecule has 1 aliphatic heterocycles. The van der Waals surface area contributed by atoms with E-state index in [1.807, 2.05) is 18.7 Å². The molecule has 1 amide bonds. The van der Waals surface area contributed by atoms with Gasteiger partial charge in [-0.3, -0.25) is 4.79 Å². The van der Waals surface area contributed by atoms with Gasteiger partial charge in [0.1, 0.15) is 0 Å². The van der Waals surface area contributed by atoms with Crippen LogP contribution in [-0.4, -0.2) is 41.6 Å². The minimum absolute atomic E-state index is 0.0502. The number of carbonyl (C=O) groups is 1. The molecule has 1 fully saturated rings. The molecule has 98 valence electrons. The third kappa shape index (κ3) is 3.64. The zero-order chi connectivity index (χ0) is 13.0. The fraction of sp³-hybridized carbons (Fsp3) is 0.833. The molecule has 2 N–H and O–H groups in total. The van der Waals surface area contributed by atoms with Crippen molar-refractivity contribution >= 4 is 23.1 Å². The van der Waals surface area contributed by atoms with E-state index in [-0.39, 0.29) is 23.8 Å². The summed E-state index contributed by atoms with van der Waals surface area (Å²) in [5.74, 6) is -0.155. The zero-order valence-electron chi connectivity index (χ0n) is 10.8. The van der Waals surface area contributed by atoms with Crippen molar-refractivity contribution in [3.63, 3.8) is 0 Å². The Bertz CT molecular complexity index is 294. The van der Waals surface area contributed by atoms with Crippen molar-refractivity contribution in [3.8, 4) is 0 Å². The van der Waals surface area contributed by atoms with Gasteiger partial charge in [0.25, 0.3) is 0 Å². The lowest BCUT2D eigenvalue weighted by Gasteiger charge is -2.35. The Kier molecular flexibility index (Phi) is 5.33. The van der Waals surface area contributed by atoms with Gasteiger partial charge in [0.05, 0.1) is 23.6 Å². The van der Waals surface area contributed by atoms with E-state index >= 15 is 0 Å². The summed E-state index contributed by atoms with van der Waals surface area (Å²) in [6.07, 6.45) is 1.07. The number of ether oxygens (including phenoxy) is 1. The summed E-state index contributed by atoms with van der Waals surface area (Å²) >= 11 is 5.00. The number of thiocarbonyl (C=S) groups is 1. The Morgan fingerprint density at radius 3 is 2.71 bits per heavy atom. The van der Waals surface area contributed by atoms with Crippen LogP contribution in [0.2, 0.25) is 0 Å². The molecule has 0 spiro atoms. The molecule has 0 saturated carbocycles. The predicted octanol–water partition coefficient (Wildman–Crippen LogP) is 1.18. The van der Waals surface area contributed by atoms with Gasteiger partial charge in [0.15, 0.2) is 0 Å². The second-order valence-corrected chi connectivity index (χ2v) is 5.28. The van der Waals surface area contributed by atoms with Crippen molar-refractivity contribution < 1.29 is 9.53 Å². The van der Waals surface area contributed by atoms with Crippen LogP contribution in [0.25, 0.3) is 0 Å². The van der Waals surface area contributed by atoms with Gasteiger partial charge in [-0.25, -0.2) is 0 Å². The Morgan fingerprint density at radius 1 is 1.59 bits per heavy atom. The number of morpholine rings is 1. The molecule has 0 aliphatic carbocycles. The topological polar surface area (TPSA) is 55.6 Å². The van der Waals surface area contributed by atoms with E-state index in [9.17, 15) is 4.79 Å². The second-order valence-electron chi connectivity index (χ2n) is 4.81. The van der Waals surface area contributed by atoms with E-state index in [1.165, 1.54) is 0 Å². The van der Waals surface area contributed by atoms with Gasteiger partial charge in [-0.05, 0) is 12.3 Å². The molecule has 0 radical (unpaired) electrons. The van der Waals surface area contributed by atoms with Crippen LogP contribution in [0.5, 0.6) is 0 Å². The molecular formula is C12H22N2O2S. The minimum atomic E-state index is -0.347. The summed E-state index contributed by atoms with van der Waals surface area (Å²) in [4.78, 5) is 14.5. The Labute approximate surface area is 108 Å². The maximum Gasteiger partial charge on any atom is 0.232 e. The van der Waals surface area contributed by atoms with E-state index < -0.39 is 0 Å². The number of hydrogen-bond acceptors (Lipinski definition) is 3. The highest BCUT2D eigenvalue weighted by atomic mass is 32.1. The summed E-state index contributed by atoms with van der Waals surface area (Å²) in [5.41, 5.74) is 5.67. The van der Waals surface area contributed by atoms with Crippen LogP contribution < -0.4 is 5.73 Å². The van der Waals surface area contributed by atoms with Crippen LogP contribution in [0.1, 0.15) is 27.2 Å². The minimum Gasteiger partial charge on any atom is -0.393 e. The first-order valence-corrected chi connectivity index (χ1v) is 6.57. The molecular weight excluding hydrogens is 236 g/mol. The lowest BCUT2D eigenvalue weighted by molar-refractivity contribution is -0.142. The van der Waals surface area contributed by atoms with Gasteiger partial charge in [-0.15, -0.1) is 0 Å². The number of rotatable bonds is 4. The standard InChI is InChI=1S/C12H22N2O2S/c1-4-9-7-14(5-6-16-9)12(15)10(8(2)3)11(13)17/h8-10H,4-7H2,1-3H3,(H2,13,17). The van der Waals surface area contributed by atoms with Crippen molar-refractivity contribution in [2.24, 2.45) is 17.6 Å². The zero-order valence-corrected chi connectivity index (χ0v) is 11.6. The molecule has 5 heteroatoms. The molecule has 0 aromatic heterocycles. The molecule has 1 heterocycles. The number of amides is 1. The van der Waals surface area contributed by atoms with E-state index in [0.29, 0.717) is 24.7 Å². The summed E-state index contributed by atoms with van der Waals surface area (Å²) < 4.78 is 5.55. The molecule has 2 atom stereocenters. The fourth-order valence-electron chi connectivity index (χ4n) is 2.10. The van der Waals surface area contributed by atoms with Gasteiger partial charge < -0.3 is 15.4 Å². The fourth-order valence-corrected chi connectivity index (χ4v) is 2.47. The average molecular weight is 258 g/mol. The number of hydrogen-bond donors (Lipinski definition) is 1. The number of nitrogens with zero attached hydrogens (tertiary/aromatic N) is 1. The van der Waals surface area contributed by atoms with Crippen molar-refractivity contribution in [1.82, 2.24) is 4.90 Å². The van der Waals surface area contributed by atoms with Gasteiger partial charge in [0.2, 0.25) is 5.91 Å². The van der Waals surface area contributed by atoms with Crippen LogP contribution in [-0.2, 0) is 9.53 Å². The van der Waals surface area contributed by atoms with E-state index in [0.717, 1.165) is 6.42 Å². The Morgan fingerprint density at radius 2 is 2.24 bits per heavy atom. The van der Waals surface area contributed by atoms with Gasteiger partial charge >= 0.3 is 0 Å². The van der Waals surface area contributed by atoms with Crippen molar-refractivity contribution in [3.05, 3.63) is 0 Å². The van der Waals surface area contributed by atoms with E-state index in [4.69, 9.17) is 22.7 Å². The molecule has 0 bridgehead atoms. The molecule has 1 rings (SSSR count). The first-order valence-electron chi connectivity index (χ1n) is 6.17. The first-order chi connectivity index (χ1) is 7.97. The Balaban J connectivity index is 2.70. The van der Waals surface area contributed by atoms with Gasteiger partial charge in [0, 0.05) is 13.1 Å². The summed E-state index contributed by atoms with van der Waals surface area (Å²) in [6, 6.07) is 0. The maximum atomic E-state index is 12.3. The highest BCUT2D eigenvalue weighted by Gasteiger charge is 2.32. The third-order valence-corrected chi connectivity index (χ3v) is 3.40. The highest BCUT2D eigenvalue weighted by Crippen LogP contribution is 2.18. The van der Waals surface area contributed by atoms with Crippen molar-refractivity contribution in [1.29, 1.82) is 0 Å². The molecule has 0 aromatic carbocycles. The van der Waals surface area contributed by atoms with Crippen LogP contribution in [0.4, 0.5) is 0 Å². The molecule has 0 aromatic rings. The average Bonchev–Trinajstić information content (AvgIpc) is 2.28. The maximum absolute atomic E-state index is 12.3.